The molecule has 2 amide bonds. The highest BCUT2D eigenvalue weighted by molar-refractivity contribution is 6.00. The zero-order valence-corrected chi connectivity index (χ0v) is 16.3. The van der Waals surface area contributed by atoms with E-state index in [9.17, 15) is 14.4 Å². The smallest absolute Gasteiger partial charge is 0.311 e. The lowest BCUT2D eigenvalue weighted by Gasteiger charge is -2.18. The molecule has 0 aliphatic carbocycles. The van der Waals surface area contributed by atoms with Gasteiger partial charge in [0, 0.05) is 24.3 Å². The van der Waals surface area contributed by atoms with Gasteiger partial charge in [-0.3, -0.25) is 14.4 Å². The van der Waals surface area contributed by atoms with E-state index in [0.29, 0.717) is 5.69 Å². The minimum Gasteiger partial charge on any atom is -0.455 e. The number of anilines is 2. The van der Waals surface area contributed by atoms with Gasteiger partial charge in [0.25, 0.3) is 5.91 Å². The van der Waals surface area contributed by atoms with Crippen molar-refractivity contribution in [2.75, 3.05) is 23.4 Å². The van der Waals surface area contributed by atoms with Crippen LogP contribution in [0.5, 0.6) is 0 Å². The molecule has 1 aliphatic rings. The van der Waals surface area contributed by atoms with Gasteiger partial charge in [0.2, 0.25) is 5.91 Å². The van der Waals surface area contributed by atoms with Gasteiger partial charge >= 0.3 is 5.97 Å². The normalized spacial score (nSPS) is 16.2. The van der Waals surface area contributed by atoms with Crippen molar-refractivity contribution in [3.63, 3.8) is 0 Å². The Kier molecular flexibility index (Phi) is 5.78. The number of aryl methyl sites for hydroxylation is 3. The summed E-state index contributed by atoms with van der Waals surface area (Å²) >= 11 is 0. The van der Waals surface area contributed by atoms with Crippen LogP contribution in [0.15, 0.2) is 42.5 Å². The van der Waals surface area contributed by atoms with E-state index < -0.39 is 17.8 Å². The second kappa shape index (κ2) is 8.25. The van der Waals surface area contributed by atoms with Gasteiger partial charge in [-0.05, 0) is 55.7 Å². The predicted molar refractivity (Wildman–Crippen MR) is 107 cm³/mol. The Morgan fingerprint density at radius 1 is 1.11 bits per heavy atom. The number of nitrogens with one attached hydrogen (secondary N) is 1. The quantitative estimate of drug-likeness (QED) is 0.809. The fourth-order valence-corrected chi connectivity index (χ4v) is 3.38. The zero-order valence-electron chi connectivity index (χ0n) is 16.3. The molecule has 1 fully saturated rings. The Hall–Kier alpha value is -3.15. The van der Waals surface area contributed by atoms with Crippen molar-refractivity contribution in [3.8, 4) is 0 Å². The number of ether oxygens (including phenoxy) is 1. The van der Waals surface area contributed by atoms with Crippen molar-refractivity contribution < 1.29 is 19.1 Å². The first kappa shape index (κ1) is 19.6. The molecule has 1 saturated heterocycles. The van der Waals surface area contributed by atoms with Crippen LogP contribution in [0.25, 0.3) is 0 Å². The number of hydrogen-bond donors (Lipinski definition) is 1. The largest absolute Gasteiger partial charge is 0.455 e. The number of hydrogen-bond acceptors (Lipinski definition) is 4. The number of carbonyl (C=O) groups excluding carboxylic acids is 3. The van der Waals surface area contributed by atoms with Crippen LogP contribution >= 0.6 is 0 Å². The van der Waals surface area contributed by atoms with Crippen LogP contribution in [0.4, 0.5) is 11.4 Å². The first-order valence-corrected chi connectivity index (χ1v) is 9.24. The average molecular weight is 380 g/mol. The van der Waals surface area contributed by atoms with E-state index in [1.54, 1.807) is 11.0 Å². The van der Waals surface area contributed by atoms with Crippen molar-refractivity contribution in [2.24, 2.45) is 5.92 Å². The van der Waals surface area contributed by atoms with Crippen LogP contribution in [0.2, 0.25) is 0 Å². The first-order valence-electron chi connectivity index (χ1n) is 9.24. The second-order valence-electron chi connectivity index (χ2n) is 7.22. The molecule has 0 bridgehead atoms. The maximum Gasteiger partial charge on any atom is 0.311 e. The molecule has 0 aromatic heterocycles. The summed E-state index contributed by atoms with van der Waals surface area (Å²) < 4.78 is 5.15. The fourth-order valence-electron chi connectivity index (χ4n) is 3.38. The minimum absolute atomic E-state index is 0.0885. The third-order valence-electron chi connectivity index (χ3n) is 4.74. The molecule has 6 nitrogen and oxygen atoms in total. The van der Waals surface area contributed by atoms with Gasteiger partial charge in [0.1, 0.15) is 0 Å². The monoisotopic (exact) mass is 380 g/mol. The Balaban J connectivity index is 1.56. The molecular weight excluding hydrogens is 356 g/mol. The van der Waals surface area contributed by atoms with Gasteiger partial charge in [0.15, 0.2) is 6.61 Å². The molecule has 0 radical (unpaired) electrons. The van der Waals surface area contributed by atoms with Gasteiger partial charge < -0.3 is 15.0 Å². The molecule has 3 rings (SSSR count). The number of nitrogens with zero attached hydrogens (tertiary/aromatic N) is 1. The first-order chi connectivity index (χ1) is 13.3. The van der Waals surface area contributed by atoms with Gasteiger partial charge in [0.05, 0.1) is 5.92 Å². The number of esters is 1. The highest BCUT2D eigenvalue weighted by Crippen LogP contribution is 2.27. The fraction of sp³-hybridized carbons (Fsp3) is 0.318. The summed E-state index contributed by atoms with van der Waals surface area (Å²) in [5, 5.41) is 2.72. The molecule has 1 N–H and O–H groups in total. The van der Waals surface area contributed by atoms with Crippen LogP contribution in [0.3, 0.4) is 0 Å². The predicted octanol–water partition coefficient (Wildman–Crippen LogP) is 3.15. The Morgan fingerprint density at radius 3 is 2.46 bits per heavy atom. The highest BCUT2D eigenvalue weighted by atomic mass is 16.5. The van der Waals surface area contributed by atoms with E-state index in [0.717, 1.165) is 22.4 Å². The molecule has 0 unspecified atom stereocenters. The molecule has 2 aromatic carbocycles. The van der Waals surface area contributed by atoms with E-state index in [-0.39, 0.29) is 25.5 Å². The number of rotatable bonds is 5. The highest BCUT2D eigenvalue weighted by Gasteiger charge is 2.36. The van der Waals surface area contributed by atoms with E-state index in [2.05, 4.69) is 5.32 Å². The lowest BCUT2D eigenvalue weighted by atomic mass is 10.1. The van der Waals surface area contributed by atoms with Crippen molar-refractivity contribution >= 4 is 29.2 Å². The van der Waals surface area contributed by atoms with Gasteiger partial charge in [-0.15, -0.1) is 0 Å². The minimum atomic E-state index is -0.570. The summed E-state index contributed by atoms with van der Waals surface area (Å²) in [6.07, 6.45) is 0.0885. The summed E-state index contributed by atoms with van der Waals surface area (Å²) in [6.45, 7) is 5.71. The standard InChI is InChI=1S/C22H24N2O4/c1-14-8-15(2)10-18(9-14)24-12-17(11-21(24)26)22(27)28-13-20(25)23-19-7-5-4-6-16(19)3/h4-10,17H,11-13H2,1-3H3,(H,23,25)/t17-/m1/s1. The third-order valence-corrected chi connectivity index (χ3v) is 4.74. The zero-order chi connectivity index (χ0) is 20.3. The maximum absolute atomic E-state index is 12.4. The van der Waals surface area contributed by atoms with Crippen molar-refractivity contribution in [3.05, 3.63) is 59.2 Å². The third kappa shape index (κ3) is 4.57. The second-order valence-corrected chi connectivity index (χ2v) is 7.22. The van der Waals surface area contributed by atoms with E-state index in [1.165, 1.54) is 0 Å². The van der Waals surface area contributed by atoms with Crippen LogP contribution in [-0.4, -0.2) is 30.9 Å². The number of amides is 2. The van der Waals surface area contributed by atoms with E-state index >= 15 is 0 Å². The molecular formula is C22H24N2O4. The molecule has 1 aliphatic heterocycles. The molecule has 6 heteroatoms. The average Bonchev–Trinajstić information content (AvgIpc) is 3.03. The van der Waals surface area contributed by atoms with Crippen molar-refractivity contribution in [1.82, 2.24) is 0 Å². The molecule has 1 atom stereocenters. The summed E-state index contributed by atoms with van der Waals surface area (Å²) in [5.41, 5.74) is 4.51. The molecule has 28 heavy (non-hydrogen) atoms. The summed E-state index contributed by atoms with van der Waals surface area (Å²) in [6, 6.07) is 13.2. The number of para-hydroxylation sites is 1. The maximum atomic E-state index is 12.4. The van der Waals surface area contributed by atoms with E-state index in [4.69, 9.17) is 4.74 Å². The summed E-state index contributed by atoms with van der Waals surface area (Å²) in [5.74, 6) is -1.62. The van der Waals surface area contributed by atoms with E-state index in [1.807, 2.05) is 57.2 Å². The Labute approximate surface area is 164 Å². The van der Waals surface area contributed by atoms with Gasteiger partial charge in [-0.25, -0.2) is 0 Å². The number of benzene rings is 2. The van der Waals surface area contributed by atoms with Crippen molar-refractivity contribution in [2.45, 2.75) is 27.2 Å². The molecule has 0 saturated carbocycles. The van der Waals surface area contributed by atoms with Crippen LogP contribution in [0, 0.1) is 26.7 Å². The number of carbonyl (C=O) groups is 3. The topological polar surface area (TPSA) is 75.7 Å². The Bertz CT molecular complexity index is 902. The lowest BCUT2D eigenvalue weighted by Crippen LogP contribution is -2.28. The van der Waals surface area contributed by atoms with Gasteiger partial charge in [-0.2, -0.15) is 0 Å². The summed E-state index contributed by atoms with van der Waals surface area (Å²) in [7, 11) is 0. The summed E-state index contributed by atoms with van der Waals surface area (Å²) in [4.78, 5) is 38.4. The van der Waals surface area contributed by atoms with Crippen LogP contribution in [-0.2, 0) is 19.1 Å². The molecule has 2 aromatic rings. The Morgan fingerprint density at radius 2 is 1.79 bits per heavy atom. The molecule has 146 valence electrons. The van der Waals surface area contributed by atoms with Crippen LogP contribution in [0.1, 0.15) is 23.1 Å². The lowest BCUT2D eigenvalue weighted by molar-refractivity contribution is -0.151. The molecule has 1 heterocycles. The van der Waals surface area contributed by atoms with Gasteiger partial charge in [-0.1, -0.05) is 24.3 Å². The van der Waals surface area contributed by atoms with Crippen molar-refractivity contribution in [1.29, 1.82) is 0 Å². The SMILES string of the molecule is Cc1cc(C)cc(N2C[C@H](C(=O)OCC(=O)Nc3ccccc3C)CC2=O)c1. The molecule has 0 spiro atoms. The van der Waals surface area contributed by atoms with Crippen LogP contribution < -0.4 is 10.2 Å².